The highest BCUT2D eigenvalue weighted by molar-refractivity contribution is 5.92. The highest BCUT2D eigenvalue weighted by Gasteiger charge is 2.11. The summed E-state index contributed by atoms with van der Waals surface area (Å²) in [6.07, 6.45) is -0.535. The fraction of sp³-hybridized carbons (Fsp3) is 0.125. The van der Waals surface area contributed by atoms with Crippen LogP contribution in [0, 0.1) is 0 Å². The molecule has 0 spiro atoms. The minimum Gasteiger partial charge on any atom is -0.410 e. The van der Waals surface area contributed by atoms with E-state index in [-0.39, 0.29) is 6.04 Å². The Balaban J connectivity index is 1.95. The second-order valence-electron chi connectivity index (χ2n) is 4.55. The van der Waals surface area contributed by atoms with Gasteiger partial charge in [-0.1, -0.05) is 30.3 Å². The van der Waals surface area contributed by atoms with E-state index in [1.165, 1.54) is 0 Å². The van der Waals surface area contributed by atoms with E-state index in [0.717, 1.165) is 5.56 Å². The van der Waals surface area contributed by atoms with Gasteiger partial charge in [-0.25, -0.2) is 4.79 Å². The number of carbonyl (C=O) groups is 2. The van der Waals surface area contributed by atoms with E-state index in [2.05, 4.69) is 5.32 Å². The number of hydrogen-bond acceptors (Lipinski definition) is 3. The number of para-hydroxylation sites is 1. The van der Waals surface area contributed by atoms with Crippen molar-refractivity contribution in [3.63, 3.8) is 0 Å². The zero-order chi connectivity index (χ0) is 15.2. The molecule has 2 rings (SSSR count). The van der Waals surface area contributed by atoms with E-state index in [4.69, 9.17) is 10.5 Å². The molecule has 0 aliphatic heterocycles. The van der Waals surface area contributed by atoms with E-state index in [9.17, 15) is 9.59 Å². The SMILES string of the molecule is CC(NC(=O)Oc1ccccc1)c1ccc(C(N)=O)cc1. The Morgan fingerprint density at radius 1 is 1.05 bits per heavy atom. The summed E-state index contributed by atoms with van der Waals surface area (Å²) < 4.78 is 5.14. The first kappa shape index (κ1) is 14.6. The first-order valence-corrected chi connectivity index (χ1v) is 6.49. The monoisotopic (exact) mass is 284 g/mol. The van der Waals surface area contributed by atoms with E-state index in [1.807, 2.05) is 13.0 Å². The predicted molar refractivity (Wildman–Crippen MR) is 79.0 cm³/mol. The molecule has 0 saturated heterocycles. The molecule has 0 radical (unpaired) electrons. The summed E-state index contributed by atoms with van der Waals surface area (Å²) in [6.45, 7) is 1.82. The number of hydrogen-bond donors (Lipinski definition) is 2. The second kappa shape index (κ2) is 6.56. The van der Waals surface area contributed by atoms with Gasteiger partial charge >= 0.3 is 6.09 Å². The van der Waals surface area contributed by atoms with Gasteiger partial charge < -0.3 is 15.8 Å². The average molecular weight is 284 g/mol. The standard InChI is InChI=1S/C16H16N2O3/c1-11(12-7-9-13(10-8-12)15(17)19)18-16(20)21-14-5-3-2-4-6-14/h2-11H,1H3,(H2,17,19)(H,18,20). The molecular weight excluding hydrogens is 268 g/mol. The zero-order valence-electron chi connectivity index (χ0n) is 11.6. The third-order valence-corrected chi connectivity index (χ3v) is 2.98. The van der Waals surface area contributed by atoms with Gasteiger partial charge in [0.05, 0.1) is 6.04 Å². The van der Waals surface area contributed by atoms with Gasteiger partial charge in [-0.15, -0.1) is 0 Å². The summed E-state index contributed by atoms with van der Waals surface area (Å²) in [5, 5.41) is 2.72. The Morgan fingerprint density at radius 3 is 2.24 bits per heavy atom. The molecule has 0 bridgehead atoms. The number of primary amides is 1. The van der Waals surface area contributed by atoms with Crippen LogP contribution in [0.4, 0.5) is 4.79 Å². The van der Waals surface area contributed by atoms with Gasteiger partial charge in [0.2, 0.25) is 5.91 Å². The molecule has 0 heterocycles. The maximum absolute atomic E-state index is 11.8. The summed E-state index contributed by atoms with van der Waals surface area (Å²) in [5.41, 5.74) is 6.46. The number of ether oxygens (including phenoxy) is 1. The molecule has 2 aromatic carbocycles. The summed E-state index contributed by atoms with van der Waals surface area (Å²) in [5.74, 6) is -0.00285. The third-order valence-electron chi connectivity index (χ3n) is 2.98. The molecule has 3 N–H and O–H groups in total. The van der Waals surface area contributed by atoms with Crippen LogP contribution in [0.15, 0.2) is 54.6 Å². The van der Waals surface area contributed by atoms with Crippen LogP contribution in [0.5, 0.6) is 5.75 Å². The average Bonchev–Trinajstić information content (AvgIpc) is 2.48. The lowest BCUT2D eigenvalue weighted by Gasteiger charge is -2.14. The summed E-state index contributed by atoms with van der Waals surface area (Å²) >= 11 is 0. The van der Waals surface area contributed by atoms with Crippen LogP contribution < -0.4 is 15.8 Å². The molecule has 21 heavy (non-hydrogen) atoms. The molecule has 0 aromatic heterocycles. The van der Waals surface area contributed by atoms with Crippen molar-refractivity contribution in [2.75, 3.05) is 0 Å². The number of carbonyl (C=O) groups excluding carboxylic acids is 2. The van der Waals surface area contributed by atoms with Crippen LogP contribution in [-0.4, -0.2) is 12.0 Å². The van der Waals surface area contributed by atoms with E-state index < -0.39 is 12.0 Å². The van der Waals surface area contributed by atoms with Gasteiger partial charge in [0, 0.05) is 5.56 Å². The highest BCUT2D eigenvalue weighted by atomic mass is 16.6. The van der Waals surface area contributed by atoms with Gasteiger partial charge in [-0.05, 0) is 36.8 Å². The molecule has 2 amide bonds. The van der Waals surface area contributed by atoms with Crippen molar-refractivity contribution in [1.29, 1.82) is 0 Å². The van der Waals surface area contributed by atoms with Crippen LogP contribution in [0.3, 0.4) is 0 Å². The number of nitrogens with two attached hydrogens (primary N) is 1. The second-order valence-corrected chi connectivity index (χ2v) is 4.55. The molecule has 1 unspecified atom stereocenters. The zero-order valence-corrected chi connectivity index (χ0v) is 11.6. The summed E-state index contributed by atoms with van der Waals surface area (Å²) in [7, 11) is 0. The Labute approximate surface area is 122 Å². The highest BCUT2D eigenvalue weighted by Crippen LogP contribution is 2.14. The molecule has 0 aliphatic rings. The third kappa shape index (κ3) is 4.07. The van der Waals surface area contributed by atoms with Gasteiger partial charge in [0.15, 0.2) is 0 Å². The van der Waals surface area contributed by atoms with Crippen LogP contribution in [0.2, 0.25) is 0 Å². The first-order valence-electron chi connectivity index (χ1n) is 6.49. The van der Waals surface area contributed by atoms with Crippen molar-refractivity contribution >= 4 is 12.0 Å². The van der Waals surface area contributed by atoms with Crippen LogP contribution in [0.25, 0.3) is 0 Å². The molecule has 1 atom stereocenters. The van der Waals surface area contributed by atoms with E-state index >= 15 is 0 Å². The largest absolute Gasteiger partial charge is 0.413 e. The summed E-state index contributed by atoms with van der Waals surface area (Å²) in [4.78, 5) is 22.8. The van der Waals surface area contributed by atoms with E-state index in [0.29, 0.717) is 11.3 Å². The minimum absolute atomic E-state index is 0.247. The van der Waals surface area contributed by atoms with Crippen molar-refractivity contribution in [2.24, 2.45) is 5.73 Å². The van der Waals surface area contributed by atoms with Gasteiger partial charge in [-0.2, -0.15) is 0 Å². The van der Waals surface area contributed by atoms with Crippen LogP contribution >= 0.6 is 0 Å². The quantitative estimate of drug-likeness (QED) is 0.905. The lowest BCUT2D eigenvalue weighted by molar-refractivity contribution is 0.1000. The molecule has 108 valence electrons. The van der Waals surface area contributed by atoms with Crippen LogP contribution in [0.1, 0.15) is 28.9 Å². The lowest BCUT2D eigenvalue weighted by Crippen LogP contribution is -2.29. The molecule has 0 fully saturated rings. The molecule has 0 saturated carbocycles. The molecule has 5 heteroatoms. The Bertz CT molecular complexity index is 624. The number of amides is 2. The van der Waals surface area contributed by atoms with Crippen molar-refractivity contribution < 1.29 is 14.3 Å². The van der Waals surface area contributed by atoms with E-state index in [1.54, 1.807) is 48.5 Å². The Morgan fingerprint density at radius 2 is 1.67 bits per heavy atom. The topological polar surface area (TPSA) is 81.4 Å². The molecule has 2 aromatic rings. The van der Waals surface area contributed by atoms with Gasteiger partial charge in [0.25, 0.3) is 0 Å². The maximum Gasteiger partial charge on any atom is 0.413 e. The van der Waals surface area contributed by atoms with Crippen LogP contribution in [-0.2, 0) is 0 Å². The maximum atomic E-state index is 11.8. The van der Waals surface area contributed by atoms with Crippen molar-refractivity contribution in [1.82, 2.24) is 5.32 Å². The van der Waals surface area contributed by atoms with Gasteiger partial charge in [-0.3, -0.25) is 4.79 Å². The fourth-order valence-corrected chi connectivity index (χ4v) is 1.82. The minimum atomic E-state index is -0.535. The predicted octanol–water partition coefficient (Wildman–Crippen LogP) is 2.64. The van der Waals surface area contributed by atoms with Crippen molar-refractivity contribution in [2.45, 2.75) is 13.0 Å². The Hall–Kier alpha value is -2.82. The lowest BCUT2D eigenvalue weighted by atomic mass is 10.1. The number of rotatable bonds is 4. The molecule has 5 nitrogen and oxygen atoms in total. The Kier molecular flexibility index (Phi) is 4.56. The van der Waals surface area contributed by atoms with Gasteiger partial charge in [0.1, 0.15) is 5.75 Å². The smallest absolute Gasteiger partial charge is 0.410 e. The first-order chi connectivity index (χ1) is 10.1. The fourth-order valence-electron chi connectivity index (χ4n) is 1.82. The normalized spacial score (nSPS) is 11.5. The molecular formula is C16H16N2O3. The number of benzene rings is 2. The van der Waals surface area contributed by atoms with Crippen molar-refractivity contribution in [3.8, 4) is 5.75 Å². The van der Waals surface area contributed by atoms with Crippen molar-refractivity contribution in [3.05, 3.63) is 65.7 Å². The molecule has 0 aliphatic carbocycles. The summed E-state index contributed by atoms with van der Waals surface area (Å²) in [6, 6.07) is 15.3. The number of nitrogens with one attached hydrogen (secondary N) is 1.